The predicted molar refractivity (Wildman–Crippen MR) is 69.8 cm³/mol. The van der Waals surface area contributed by atoms with Crippen molar-refractivity contribution < 1.29 is 0 Å². The first kappa shape index (κ1) is 12.4. The van der Waals surface area contributed by atoms with E-state index in [1.165, 1.54) is 64.6 Å². The molecule has 1 aliphatic heterocycles. The van der Waals surface area contributed by atoms with E-state index in [1.54, 1.807) is 0 Å². The second kappa shape index (κ2) is 5.50. The Balaban J connectivity index is 1.97. The van der Waals surface area contributed by atoms with E-state index in [4.69, 9.17) is 0 Å². The lowest BCUT2D eigenvalue weighted by atomic mass is 9.97. The van der Waals surface area contributed by atoms with Crippen LogP contribution in [0.25, 0.3) is 0 Å². The van der Waals surface area contributed by atoms with Gasteiger partial charge in [0.2, 0.25) is 0 Å². The van der Waals surface area contributed by atoms with Gasteiger partial charge in [-0.2, -0.15) is 0 Å². The third-order valence-corrected chi connectivity index (χ3v) is 4.55. The van der Waals surface area contributed by atoms with Gasteiger partial charge in [0.25, 0.3) is 0 Å². The molecule has 1 N–H and O–H groups in total. The van der Waals surface area contributed by atoms with Crippen molar-refractivity contribution in [3.05, 3.63) is 0 Å². The molecular weight excluding hydrogens is 196 g/mol. The summed E-state index contributed by atoms with van der Waals surface area (Å²) in [6, 6.07) is 0.777. The fourth-order valence-corrected chi connectivity index (χ4v) is 3.38. The molecule has 94 valence electrons. The van der Waals surface area contributed by atoms with E-state index >= 15 is 0 Å². The van der Waals surface area contributed by atoms with Crippen molar-refractivity contribution in [2.24, 2.45) is 0 Å². The smallest absolute Gasteiger partial charge is 0.0308 e. The van der Waals surface area contributed by atoms with E-state index in [0.717, 1.165) is 6.04 Å². The summed E-state index contributed by atoms with van der Waals surface area (Å²) >= 11 is 0. The lowest BCUT2D eigenvalue weighted by Gasteiger charge is -2.35. The summed E-state index contributed by atoms with van der Waals surface area (Å²) in [5, 5.41) is 3.85. The Bertz CT molecular complexity index is 209. The molecule has 1 saturated carbocycles. The van der Waals surface area contributed by atoms with Crippen LogP contribution in [-0.4, -0.2) is 36.1 Å². The van der Waals surface area contributed by atoms with Crippen molar-refractivity contribution in [2.75, 3.05) is 19.6 Å². The summed E-state index contributed by atoms with van der Waals surface area (Å²) in [7, 11) is 0. The minimum absolute atomic E-state index is 0.485. The van der Waals surface area contributed by atoms with Crippen LogP contribution in [0.3, 0.4) is 0 Å². The molecule has 1 aliphatic carbocycles. The van der Waals surface area contributed by atoms with E-state index in [-0.39, 0.29) is 0 Å². The van der Waals surface area contributed by atoms with Crippen LogP contribution in [0.1, 0.15) is 58.8 Å². The fraction of sp³-hybridized carbons (Fsp3) is 1.00. The third-order valence-electron chi connectivity index (χ3n) is 4.55. The number of unbranched alkanes of at least 4 members (excludes halogenated alkanes) is 1. The van der Waals surface area contributed by atoms with Gasteiger partial charge in [-0.1, -0.05) is 26.2 Å². The maximum absolute atomic E-state index is 3.85. The highest BCUT2D eigenvalue weighted by Gasteiger charge is 2.37. The van der Waals surface area contributed by atoms with Crippen molar-refractivity contribution >= 4 is 0 Å². The molecule has 0 radical (unpaired) electrons. The third kappa shape index (κ3) is 2.78. The molecular formula is C14H28N2. The van der Waals surface area contributed by atoms with Gasteiger partial charge < -0.3 is 5.32 Å². The van der Waals surface area contributed by atoms with Crippen LogP contribution in [0.5, 0.6) is 0 Å². The Hall–Kier alpha value is -0.0800. The molecule has 1 unspecified atom stereocenters. The van der Waals surface area contributed by atoms with Crippen LogP contribution in [0.15, 0.2) is 0 Å². The second-order valence-corrected chi connectivity index (χ2v) is 5.88. The summed E-state index contributed by atoms with van der Waals surface area (Å²) in [5.41, 5.74) is 0.485. The summed E-state index contributed by atoms with van der Waals surface area (Å²) < 4.78 is 0. The van der Waals surface area contributed by atoms with Gasteiger partial charge in [-0.3, -0.25) is 4.90 Å². The zero-order chi connectivity index (χ0) is 11.4. The molecule has 0 aromatic heterocycles. The van der Waals surface area contributed by atoms with Crippen molar-refractivity contribution in [3.8, 4) is 0 Å². The molecule has 16 heavy (non-hydrogen) atoms. The van der Waals surface area contributed by atoms with E-state index in [1.807, 2.05) is 0 Å². The first-order valence-electron chi connectivity index (χ1n) is 7.25. The fourth-order valence-electron chi connectivity index (χ4n) is 3.38. The summed E-state index contributed by atoms with van der Waals surface area (Å²) in [6.45, 7) is 8.54. The van der Waals surface area contributed by atoms with Crippen molar-refractivity contribution in [2.45, 2.75) is 70.4 Å². The molecule has 0 amide bonds. The van der Waals surface area contributed by atoms with Crippen LogP contribution in [0.2, 0.25) is 0 Å². The first-order chi connectivity index (χ1) is 7.76. The maximum atomic E-state index is 3.85. The van der Waals surface area contributed by atoms with Gasteiger partial charge in [0, 0.05) is 18.1 Å². The van der Waals surface area contributed by atoms with E-state index in [0.29, 0.717) is 5.54 Å². The number of hydrogen-bond acceptors (Lipinski definition) is 2. The largest absolute Gasteiger partial charge is 0.310 e. The number of nitrogens with one attached hydrogen (secondary N) is 1. The van der Waals surface area contributed by atoms with Gasteiger partial charge in [-0.05, 0) is 45.7 Å². The second-order valence-electron chi connectivity index (χ2n) is 5.88. The van der Waals surface area contributed by atoms with Gasteiger partial charge in [-0.15, -0.1) is 0 Å². The lowest BCUT2D eigenvalue weighted by molar-refractivity contribution is 0.166. The Morgan fingerprint density at radius 3 is 2.75 bits per heavy atom. The Morgan fingerprint density at radius 2 is 2.06 bits per heavy atom. The summed E-state index contributed by atoms with van der Waals surface area (Å²) in [4.78, 5) is 2.74. The topological polar surface area (TPSA) is 15.3 Å². The SMILES string of the molecule is CCCCN1CC2(CCCC2)NCCC1C. The molecule has 2 rings (SSSR count). The van der Waals surface area contributed by atoms with Gasteiger partial charge in [0.1, 0.15) is 0 Å². The average molecular weight is 224 g/mol. The average Bonchev–Trinajstić information content (AvgIpc) is 2.66. The van der Waals surface area contributed by atoms with E-state index in [9.17, 15) is 0 Å². The molecule has 2 heteroatoms. The Labute approximate surface area is 101 Å². The van der Waals surface area contributed by atoms with Crippen LogP contribution >= 0.6 is 0 Å². The van der Waals surface area contributed by atoms with Crippen LogP contribution in [0, 0.1) is 0 Å². The standard InChI is InChI=1S/C14H28N2/c1-3-4-11-16-12-14(8-5-6-9-14)15-10-7-13(16)2/h13,15H,3-12H2,1-2H3. The highest BCUT2D eigenvalue weighted by molar-refractivity contribution is 4.98. The monoisotopic (exact) mass is 224 g/mol. The molecule has 1 atom stereocenters. The number of rotatable bonds is 3. The van der Waals surface area contributed by atoms with Gasteiger partial charge in [0.15, 0.2) is 0 Å². The molecule has 2 nitrogen and oxygen atoms in total. The quantitative estimate of drug-likeness (QED) is 0.793. The van der Waals surface area contributed by atoms with Crippen molar-refractivity contribution in [1.82, 2.24) is 10.2 Å². The van der Waals surface area contributed by atoms with Crippen LogP contribution < -0.4 is 5.32 Å². The molecule has 0 bridgehead atoms. The number of hydrogen-bond donors (Lipinski definition) is 1. The van der Waals surface area contributed by atoms with Crippen molar-refractivity contribution in [1.29, 1.82) is 0 Å². The van der Waals surface area contributed by atoms with Gasteiger partial charge >= 0.3 is 0 Å². The Kier molecular flexibility index (Phi) is 4.26. The summed E-state index contributed by atoms with van der Waals surface area (Å²) in [5.74, 6) is 0. The highest BCUT2D eigenvalue weighted by atomic mass is 15.2. The number of nitrogens with zero attached hydrogens (tertiary/aromatic N) is 1. The highest BCUT2D eigenvalue weighted by Crippen LogP contribution is 2.32. The van der Waals surface area contributed by atoms with Crippen LogP contribution in [-0.2, 0) is 0 Å². The molecule has 1 saturated heterocycles. The molecule has 0 aromatic carbocycles. The van der Waals surface area contributed by atoms with Gasteiger partial charge in [-0.25, -0.2) is 0 Å². The molecule has 1 spiro atoms. The first-order valence-corrected chi connectivity index (χ1v) is 7.25. The van der Waals surface area contributed by atoms with Crippen molar-refractivity contribution in [3.63, 3.8) is 0 Å². The summed E-state index contributed by atoms with van der Waals surface area (Å²) in [6.07, 6.45) is 9.69. The van der Waals surface area contributed by atoms with E-state index in [2.05, 4.69) is 24.1 Å². The zero-order valence-electron chi connectivity index (χ0n) is 11.1. The Morgan fingerprint density at radius 1 is 1.31 bits per heavy atom. The van der Waals surface area contributed by atoms with Crippen LogP contribution in [0.4, 0.5) is 0 Å². The molecule has 2 fully saturated rings. The minimum Gasteiger partial charge on any atom is -0.310 e. The molecule has 1 heterocycles. The predicted octanol–water partition coefficient (Wildman–Crippen LogP) is 2.78. The normalized spacial score (nSPS) is 30.8. The molecule has 0 aromatic rings. The van der Waals surface area contributed by atoms with E-state index < -0.39 is 0 Å². The minimum atomic E-state index is 0.485. The maximum Gasteiger partial charge on any atom is 0.0308 e. The van der Waals surface area contributed by atoms with Gasteiger partial charge in [0.05, 0.1) is 0 Å². The molecule has 2 aliphatic rings. The lowest BCUT2D eigenvalue weighted by Crippen LogP contribution is -2.50. The zero-order valence-corrected chi connectivity index (χ0v) is 11.1.